The van der Waals surface area contributed by atoms with Gasteiger partial charge in [-0.2, -0.15) is 0 Å². The van der Waals surface area contributed by atoms with Crippen LogP contribution in [0.4, 0.5) is 5.82 Å². The number of carboxylic acids is 1. The van der Waals surface area contributed by atoms with Gasteiger partial charge in [-0.3, -0.25) is 9.59 Å². The van der Waals surface area contributed by atoms with Crippen molar-refractivity contribution >= 4 is 40.5 Å². The first-order chi connectivity index (χ1) is 19.2. The number of unbranched alkanes of at least 4 members (excludes halogenated alkanes) is 1. The van der Waals surface area contributed by atoms with Gasteiger partial charge in [-0.1, -0.05) is 29.7 Å². The first kappa shape index (κ1) is 27.8. The minimum atomic E-state index is -1.11. The lowest BCUT2D eigenvalue weighted by Crippen LogP contribution is -2.48. The van der Waals surface area contributed by atoms with Gasteiger partial charge in [-0.15, -0.1) is 0 Å². The molecule has 0 radical (unpaired) electrons. The number of carbonyl (C=O) groups excluding carboxylic acids is 1. The molecule has 11 nitrogen and oxygen atoms in total. The summed E-state index contributed by atoms with van der Waals surface area (Å²) in [4.78, 5) is 36.9. The van der Waals surface area contributed by atoms with Gasteiger partial charge in [0.15, 0.2) is 17.0 Å². The van der Waals surface area contributed by atoms with Crippen LogP contribution >= 0.6 is 11.6 Å². The lowest BCUT2D eigenvalue weighted by atomic mass is 9.58. The number of carbonyl (C=O) groups is 2. The maximum atomic E-state index is 12.3. The molecular weight excluding hydrogens is 536 g/mol. The molecule has 2 aliphatic carbocycles. The summed E-state index contributed by atoms with van der Waals surface area (Å²) in [5.74, 6) is 5.33. The molecule has 5 rings (SSSR count). The summed E-state index contributed by atoms with van der Waals surface area (Å²) in [6.07, 6.45) is 1.72. The molecule has 210 valence electrons. The Balaban J connectivity index is 1.50. The van der Waals surface area contributed by atoms with E-state index in [4.69, 9.17) is 16.7 Å². The van der Waals surface area contributed by atoms with E-state index in [1.165, 1.54) is 0 Å². The highest BCUT2D eigenvalue weighted by Crippen LogP contribution is 2.63. The fourth-order valence-corrected chi connectivity index (χ4v) is 6.22. The number of benzene rings is 1. The third-order valence-electron chi connectivity index (χ3n) is 8.09. The van der Waals surface area contributed by atoms with E-state index >= 15 is 0 Å². The molecule has 1 aromatic carbocycles. The van der Waals surface area contributed by atoms with Crippen LogP contribution in [-0.4, -0.2) is 66.0 Å². The Hall–Kier alpha value is -3.72. The number of rotatable bonds is 9. The quantitative estimate of drug-likeness (QED) is 0.193. The summed E-state index contributed by atoms with van der Waals surface area (Å²) in [6, 6.07) is 6.88. The largest absolute Gasteiger partial charge is 0.481 e. The van der Waals surface area contributed by atoms with Crippen molar-refractivity contribution in [3.8, 4) is 11.8 Å². The van der Waals surface area contributed by atoms with Gasteiger partial charge >= 0.3 is 5.97 Å². The predicted octanol–water partition coefficient (Wildman–Crippen LogP) is 2.51. The van der Waals surface area contributed by atoms with Gasteiger partial charge in [0.25, 0.3) is 0 Å². The van der Waals surface area contributed by atoms with E-state index in [1.54, 1.807) is 24.0 Å². The molecule has 2 heterocycles. The van der Waals surface area contributed by atoms with E-state index in [-0.39, 0.29) is 30.5 Å². The van der Waals surface area contributed by atoms with Crippen LogP contribution in [0.5, 0.6) is 0 Å². The molecule has 0 bridgehead atoms. The van der Waals surface area contributed by atoms with Gasteiger partial charge in [-0.05, 0) is 48.8 Å². The number of aliphatic carboxylic acids is 1. The second kappa shape index (κ2) is 11.4. The Morgan fingerprint density at radius 1 is 1.27 bits per heavy atom. The molecule has 5 atom stereocenters. The summed E-state index contributed by atoms with van der Waals surface area (Å²) >= 11 is 6.14. The SMILES string of the molecule is CNC(=O)C[C@@]12CCC1[C@@H](n1cnc3c(NCc4cccc(Cl)c4)nc(C#CCCCC(=O)O)nc31)C(O)C2O. The van der Waals surface area contributed by atoms with Crippen molar-refractivity contribution in [1.29, 1.82) is 0 Å². The number of nitrogens with zero attached hydrogens (tertiary/aromatic N) is 4. The van der Waals surface area contributed by atoms with Gasteiger partial charge in [-0.25, -0.2) is 15.0 Å². The molecule has 0 spiro atoms. The number of carboxylic acid groups (broad SMARTS) is 1. The molecule has 5 N–H and O–H groups in total. The summed E-state index contributed by atoms with van der Waals surface area (Å²) in [6.45, 7) is 0.410. The van der Waals surface area contributed by atoms with Crippen molar-refractivity contribution in [2.45, 2.75) is 63.3 Å². The third kappa shape index (κ3) is 5.22. The van der Waals surface area contributed by atoms with Crippen LogP contribution in [-0.2, 0) is 16.1 Å². The Labute approximate surface area is 236 Å². The molecule has 2 aromatic heterocycles. The number of halogens is 1. The highest BCUT2D eigenvalue weighted by atomic mass is 35.5. The normalized spacial score (nSPS) is 25.0. The van der Waals surface area contributed by atoms with Gasteiger partial charge in [0.05, 0.1) is 18.5 Å². The van der Waals surface area contributed by atoms with Crippen LogP contribution in [0.25, 0.3) is 11.2 Å². The average molecular weight is 567 g/mol. The average Bonchev–Trinajstić information content (AvgIpc) is 3.39. The molecule has 0 saturated heterocycles. The topological polar surface area (TPSA) is 162 Å². The van der Waals surface area contributed by atoms with E-state index in [0.717, 1.165) is 12.0 Å². The number of hydrogen-bond donors (Lipinski definition) is 5. The summed E-state index contributed by atoms with van der Waals surface area (Å²) < 4.78 is 1.76. The Morgan fingerprint density at radius 2 is 2.10 bits per heavy atom. The zero-order chi connectivity index (χ0) is 28.4. The van der Waals surface area contributed by atoms with Gasteiger partial charge in [0.2, 0.25) is 11.7 Å². The zero-order valence-electron chi connectivity index (χ0n) is 22.0. The number of anilines is 1. The maximum absolute atomic E-state index is 12.3. The zero-order valence-corrected chi connectivity index (χ0v) is 22.7. The first-order valence-electron chi connectivity index (χ1n) is 13.2. The van der Waals surface area contributed by atoms with Crippen LogP contribution in [0.15, 0.2) is 30.6 Å². The van der Waals surface area contributed by atoms with E-state index < -0.39 is 29.6 Å². The lowest BCUT2D eigenvalue weighted by Gasteiger charge is -2.47. The van der Waals surface area contributed by atoms with Crippen LogP contribution in [0.1, 0.15) is 56.0 Å². The molecule has 1 amide bonds. The summed E-state index contributed by atoms with van der Waals surface area (Å²) in [5, 5.41) is 37.7. The highest BCUT2D eigenvalue weighted by molar-refractivity contribution is 6.30. The first-order valence-corrected chi connectivity index (χ1v) is 13.6. The summed E-state index contributed by atoms with van der Waals surface area (Å²) in [5.41, 5.74) is 1.14. The number of aromatic nitrogens is 4. The maximum Gasteiger partial charge on any atom is 0.303 e. The van der Waals surface area contributed by atoms with Crippen LogP contribution in [0, 0.1) is 23.2 Å². The van der Waals surface area contributed by atoms with Crippen LogP contribution in [0.3, 0.4) is 0 Å². The lowest BCUT2D eigenvalue weighted by molar-refractivity contribution is -0.137. The number of aliphatic hydroxyl groups excluding tert-OH is 2. The number of fused-ring (bicyclic) bond motifs is 2. The molecule has 2 saturated carbocycles. The molecule has 2 fully saturated rings. The minimum Gasteiger partial charge on any atom is -0.481 e. The molecule has 0 aliphatic heterocycles. The van der Waals surface area contributed by atoms with Crippen molar-refractivity contribution in [1.82, 2.24) is 24.8 Å². The van der Waals surface area contributed by atoms with Crippen molar-refractivity contribution < 1.29 is 24.9 Å². The molecule has 3 unspecified atom stereocenters. The fourth-order valence-electron chi connectivity index (χ4n) is 6.01. The second-order valence-electron chi connectivity index (χ2n) is 10.4. The Morgan fingerprint density at radius 3 is 2.80 bits per heavy atom. The highest BCUT2D eigenvalue weighted by Gasteiger charge is 2.65. The second-order valence-corrected chi connectivity index (χ2v) is 10.8. The predicted molar refractivity (Wildman–Crippen MR) is 147 cm³/mol. The molecular formula is C28H31ClN6O5. The Kier molecular flexibility index (Phi) is 7.94. The number of aliphatic hydroxyl groups is 2. The fraction of sp³-hybridized carbons (Fsp3) is 0.464. The number of hydrogen-bond acceptors (Lipinski definition) is 8. The molecule has 40 heavy (non-hydrogen) atoms. The Bertz CT molecular complexity index is 1500. The van der Waals surface area contributed by atoms with Crippen LogP contribution in [0.2, 0.25) is 5.02 Å². The third-order valence-corrected chi connectivity index (χ3v) is 8.32. The smallest absolute Gasteiger partial charge is 0.303 e. The van der Waals surface area contributed by atoms with Crippen LogP contribution < -0.4 is 10.6 Å². The molecule has 2 aliphatic rings. The molecule has 12 heteroatoms. The standard InChI is InChI=1S/C28H31ClN6O5/c1-30-20(36)13-28-11-10-18(28)23(24(39)25(28)40)35-15-32-22-26(31-14-16-6-5-7-17(29)12-16)33-19(34-27(22)35)8-3-2-4-9-21(37)38/h5-7,12,15,18,23-25,39-40H,2,4,9-11,13-14H2,1H3,(H,30,36)(H,37,38)(H,31,33,34)/t18?,23-,24?,25?,28+/m1/s1. The van der Waals surface area contributed by atoms with Crippen molar-refractivity contribution in [3.05, 3.63) is 47.0 Å². The van der Waals surface area contributed by atoms with Crippen molar-refractivity contribution in [3.63, 3.8) is 0 Å². The minimum absolute atomic E-state index is 0.0227. The van der Waals surface area contributed by atoms with Gasteiger partial charge < -0.3 is 30.5 Å². The van der Waals surface area contributed by atoms with E-state index in [0.29, 0.717) is 47.8 Å². The summed E-state index contributed by atoms with van der Waals surface area (Å²) in [7, 11) is 1.56. The van der Waals surface area contributed by atoms with Crippen molar-refractivity contribution in [2.24, 2.45) is 11.3 Å². The van der Waals surface area contributed by atoms with Gasteiger partial charge in [0.1, 0.15) is 6.10 Å². The molecule has 3 aromatic rings. The van der Waals surface area contributed by atoms with E-state index in [9.17, 15) is 19.8 Å². The number of nitrogens with one attached hydrogen (secondary N) is 2. The number of amides is 1. The van der Waals surface area contributed by atoms with E-state index in [1.807, 2.05) is 18.2 Å². The monoisotopic (exact) mass is 566 g/mol. The van der Waals surface area contributed by atoms with Crippen molar-refractivity contribution in [2.75, 3.05) is 12.4 Å². The van der Waals surface area contributed by atoms with Gasteiger partial charge in [0, 0.05) is 43.3 Å². The number of imidazole rings is 1. The van der Waals surface area contributed by atoms with E-state index in [2.05, 4.69) is 37.4 Å².